The van der Waals surface area contributed by atoms with Crippen molar-refractivity contribution in [1.82, 2.24) is 4.98 Å². The van der Waals surface area contributed by atoms with E-state index in [0.717, 1.165) is 28.2 Å². The van der Waals surface area contributed by atoms with Crippen molar-refractivity contribution < 1.29 is 19.4 Å². The second-order valence-corrected chi connectivity index (χ2v) is 7.79. The molecule has 0 amide bonds. The van der Waals surface area contributed by atoms with E-state index < -0.39 is 0 Å². The quantitative estimate of drug-likeness (QED) is 0.355. The van der Waals surface area contributed by atoms with Crippen molar-refractivity contribution in [2.75, 3.05) is 4.90 Å². The summed E-state index contributed by atoms with van der Waals surface area (Å²) in [6.07, 6.45) is 8.38. The number of anilines is 2. The SMILES string of the molecule is Cc1ccc(N(C=C(C=C[CH]=[W])c2ccc(C)nc2)c2ccc(C)cc2)cc1. The molecule has 0 spiro atoms. The van der Waals surface area contributed by atoms with Gasteiger partial charge in [-0.3, -0.25) is 0 Å². The number of aryl methyl sites for hydroxylation is 3. The van der Waals surface area contributed by atoms with Crippen molar-refractivity contribution in [2.24, 2.45) is 0 Å². The van der Waals surface area contributed by atoms with Gasteiger partial charge in [-0.15, -0.1) is 0 Å². The number of hydrogen-bond acceptors (Lipinski definition) is 2. The van der Waals surface area contributed by atoms with E-state index in [1.807, 2.05) is 13.1 Å². The number of pyridine rings is 1. The van der Waals surface area contributed by atoms with Crippen LogP contribution in [-0.2, 0) is 19.4 Å². The minimum atomic E-state index is 1.02. The van der Waals surface area contributed by atoms with Crippen LogP contribution in [0.3, 0.4) is 0 Å². The molecule has 3 aromatic rings. The van der Waals surface area contributed by atoms with Gasteiger partial charge >= 0.3 is 179 Å². The molecular formula is C25H24N2W. The van der Waals surface area contributed by atoms with Gasteiger partial charge in [-0.1, -0.05) is 0 Å². The first-order valence-electron chi connectivity index (χ1n) is 9.26. The summed E-state index contributed by atoms with van der Waals surface area (Å²) in [5, 5.41) is 0. The van der Waals surface area contributed by atoms with Crippen LogP contribution in [0.25, 0.3) is 5.57 Å². The maximum atomic E-state index is 4.49. The zero-order valence-electron chi connectivity index (χ0n) is 16.5. The van der Waals surface area contributed by atoms with Crippen LogP contribution in [0.5, 0.6) is 0 Å². The third-order valence-corrected chi connectivity index (χ3v) is 5.06. The average molecular weight is 536 g/mol. The van der Waals surface area contributed by atoms with E-state index in [9.17, 15) is 0 Å². The first-order valence-corrected chi connectivity index (χ1v) is 11.0. The number of rotatable bonds is 6. The fraction of sp³-hybridized carbons (Fsp3) is 0.120. The second kappa shape index (κ2) is 9.57. The van der Waals surface area contributed by atoms with Gasteiger partial charge in [0.05, 0.1) is 0 Å². The summed E-state index contributed by atoms with van der Waals surface area (Å²) in [4.78, 5) is 6.72. The summed E-state index contributed by atoms with van der Waals surface area (Å²) < 4.78 is 2.12. The van der Waals surface area contributed by atoms with E-state index in [1.165, 1.54) is 30.5 Å². The summed E-state index contributed by atoms with van der Waals surface area (Å²) in [7, 11) is 0. The molecule has 0 radical (unpaired) electrons. The molecule has 0 bridgehead atoms. The predicted molar refractivity (Wildman–Crippen MR) is 117 cm³/mol. The maximum absolute atomic E-state index is 4.49. The second-order valence-electron chi connectivity index (χ2n) is 6.81. The molecule has 3 heteroatoms. The van der Waals surface area contributed by atoms with Gasteiger partial charge in [-0.05, 0) is 0 Å². The Hall–Kier alpha value is -2.57. The van der Waals surface area contributed by atoms with E-state index in [0.29, 0.717) is 0 Å². The topological polar surface area (TPSA) is 16.1 Å². The van der Waals surface area contributed by atoms with Crippen LogP contribution >= 0.6 is 0 Å². The van der Waals surface area contributed by atoms with E-state index in [1.54, 1.807) is 0 Å². The Balaban J connectivity index is 2.13. The van der Waals surface area contributed by atoms with Gasteiger partial charge in [0, 0.05) is 0 Å². The van der Waals surface area contributed by atoms with Crippen LogP contribution in [-0.4, -0.2) is 9.38 Å². The Morgan fingerprint density at radius 3 is 1.86 bits per heavy atom. The molecule has 28 heavy (non-hydrogen) atoms. The molecule has 0 N–H and O–H groups in total. The molecule has 0 aliphatic heterocycles. The van der Waals surface area contributed by atoms with Gasteiger partial charge < -0.3 is 0 Å². The van der Waals surface area contributed by atoms with Gasteiger partial charge in [0.25, 0.3) is 0 Å². The number of hydrogen-bond donors (Lipinski definition) is 0. The summed E-state index contributed by atoms with van der Waals surface area (Å²) in [6.45, 7) is 6.24. The third kappa shape index (κ3) is 5.24. The fourth-order valence-electron chi connectivity index (χ4n) is 2.84. The summed E-state index contributed by atoms with van der Waals surface area (Å²) in [5.41, 5.74) is 8.01. The Bertz CT molecular complexity index is 937. The first-order chi connectivity index (χ1) is 13.6. The Kier molecular flexibility index (Phi) is 6.89. The average Bonchev–Trinajstić information content (AvgIpc) is 2.71. The van der Waals surface area contributed by atoms with Crippen molar-refractivity contribution in [3.8, 4) is 0 Å². The summed E-state index contributed by atoms with van der Waals surface area (Å²) >= 11 is 1.43. The molecule has 0 atom stereocenters. The molecule has 1 aromatic heterocycles. The van der Waals surface area contributed by atoms with Gasteiger partial charge in [0.15, 0.2) is 0 Å². The molecule has 140 valence electrons. The fourth-order valence-corrected chi connectivity index (χ4v) is 3.13. The standard InChI is InChI=1S/C25H24N2.W/c1-5-6-23(22-12-11-21(4)26-17-22)18-27(24-13-7-19(2)8-14-24)25-15-9-20(3)10-16-25;/h1,5-18H,2-4H3;. The molecule has 0 saturated carbocycles. The Morgan fingerprint density at radius 2 is 1.39 bits per heavy atom. The van der Waals surface area contributed by atoms with E-state index in [-0.39, 0.29) is 0 Å². The molecule has 2 aromatic carbocycles. The molecule has 1 heterocycles. The van der Waals surface area contributed by atoms with E-state index in [2.05, 4.69) is 107 Å². The third-order valence-electron chi connectivity index (χ3n) is 4.49. The van der Waals surface area contributed by atoms with Crippen LogP contribution in [0, 0.1) is 20.8 Å². The molecular weight excluding hydrogens is 512 g/mol. The van der Waals surface area contributed by atoms with Crippen LogP contribution < -0.4 is 4.90 Å². The molecule has 0 aliphatic rings. The summed E-state index contributed by atoms with van der Waals surface area (Å²) in [5.74, 6) is 0. The van der Waals surface area contributed by atoms with Crippen molar-refractivity contribution in [1.29, 1.82) is 0 Å². The first kappa shape index (κ1) is 20.2. The van der Waals surface area contributed by atoms with Gasteiger partial charge in [0.1, 0.15) is 0 Å². The number of allylic oxidation sites excluding steroid dienone is 3. The Morgan fingerprint density at radius 1 is 0.821 bits per heavy atom. The molecule has 0 aliphatic carbocycles. The van der Waals surface area contributed by atoms with Gasteiger partial charge in [-0.25, -0.2) is 0 Å². The zero-order valence-corrected chi connectivity index (χ0v) is 19.4. The van der Waals surface area contributed by atoms with E-state index in [4.69, 9.17) is 0 Å². The van der Waals surface area contributed by atoms with Crippen molar-refractivity contribution in [2.45, 2.75) is 20.8 Å². The molecule has 0 saturated heterocycles. The normalized spacial score (nSPS) is 11.6. The van der Waals surface area contributed by atoms with Crippen molar-refractivity contribution in [3.63, 3.8) is 0 Å². The zero-order chi connectivity index (χ0) is 19.9. The number of nitrogens with zero attached hydrogens (tertiary/aromatic N) is 2. The molecule has 2 nitrogen and oxygen atoms in total. The Labute approximate surface area is 178 Å². The van der Waals surface area contributed by atoms with Crippen molar-refractivity contribution >= 4 is 21.3 Å². The molecule has 3 rings (SSSR count). The number of benzene rings is 2. The van der Waals surface area contributed by atoms with Crippen LogP contribution in [0.1, 0.15) is 22.4 Å². The van der Waals surface area contributed by atoms with Crippen LogP contribution in [0.4, 0.5) is 11.4 Å². The minimum absolute atomic E-state index is 1.02. The van der Waals surface area contributed by atoms with Crippen LogP contribution in [0.15, 0.2) is 85.2 Å². The monoisotopic (exact) mass is 536 g/mol. The van der Waals surface area contributed by atoms with Crippen molar-refractivity contribution in [3.05, 3.63) is 108 Å². The predicted octanol–water partition coefficient (Wildman–Crippen LogP) is 6.09. The van der Waals surface area contributed by atoms with Gasteiger partial charge in [-0.2, -0.15) is 0 Å². The van der Waals surface area contributed by atoms with E-state index >= 15 is 0 Å². The van der Waals surface area contributed by atoms with Crippen LogP contribution in [0.2, 0.25) is 0 Å². The molecule has 0 fully saturated rings. The number of aromatic nitrogens is 1. The summed E-state index contributed by atoms with van der Waals surface area (Å²) in [6, 6.07) is 21.4. The molecule has 0 unspecified atom stereocenters. The van der Waals surface area contributed by atoms with Gasteiger partial charge in [0.2, 0.25) is 0 Å².